The highest BCUT2D eigenvalue weighted by Crippen LogP contribution is 2.22. The second-order valence-electron chi connectivity index (χ2n) is 6.16. The minimum Gasteiger partial charge on any atom is -0.481 e. The summed E-state index contributed by atoms with van der Waals surface area (Å²) in [7, 11) is 0. The highest BCUT2D eigenvalue weighted by atomic mass is 16.5. The maximum atomic E-state index is 12.7. The number of rotatable bonds is 7. The van der Waals surface area contributed by atoms with Gasteiger partial charge in [-0.1, -0.05) is 55.8 Å². The molecular weight excluding hydrogens is 298 g/mol. The van der Waals surface area contributed by atoms with Crippen LogP contribution < -0.4 is 10.1 Å². The lowest BCUT2D eigenvalue weighted by Gasteiger charge is -2.23. The van der Waals surface area contributed by atoms with E-state index >= 15 is 0 Å². The number of amides is 1. The fourth-order valence-corrected chi connectivity index (χ4v) is 2.87. The summed E-state index contributed by atoms with van der Waals surface area (Å²) >= 11 is 0. The third kappa shape index (κ3) is 4.60. The fraction of sp³-hybridized carbons (Fsp3) is 0.381. The third-order valence-electron chi connectivity index (χ3n) is 4.21. The molecule has 0 aliphatic carbocycles. The van der Waals surface area contributed by atoms with Gasteiger partial charge in [-0.15, -0.1) is 0 Å². The molecule has 2 atom stereocenters. The molecule has 0 radical (unpaired) electrons. The Kier molecular flexibility index (Phi) is 6.42. The van der Waals surface area contributed by atoms with Gasteiger partial charge in [0.2, 0.25) is 0 Å². The summed E-state index contributed by atoms with van der Waals surface area (Å²) in [6, 6.07) is 15.9. The molecule has 128 valence electrons. The number of carbonyl (C=O) groups excluding carboxylic acids is 1. The van der Waals surface area contributed by atoms with Crippen molar-refractivity contribution in [2.75, 3.05) is 0 Å². The van der Waals surface area contributed by atoms with Gasteiger partial charge in [0.1, 0.15) is 5.75 Å². The predicted octanol–water partition coefficient (Wildman–Crippen LogP) is 4.73. The highest BCUT2D eigenvalue weighted by molar-refractivity contribution is 5.81. The molecule has 0 fully saturated rings. The van der Waals surface area contributed by atoms with Crippen molar-refractivity contribution in [3.63, 3.8) is 0 Å². The number of ether oxygens (including phenoxy) is 1. The van der Waals surface area contributed by atoms with Crippen LogP contribution in [0.15, 0.2) is 48.5 Å². The number of hydrogen-bond acceptors (Lipinski definition) is 2. The highest BCUT2D eigenvalue weighted by Gasteiger charge is 2.22. The van der Waals surface area contributed by atoms with Gasteiger partial charge in [0.25, 0.3) is 5.91 Å². The summed E-state index contributed by atoms with van der Waals surface area (Å²) in [6.07, 6.45) is 0.994. The molecule has 0 aliphatic rings. The molecule has 0 aliphatic heterocycles. The van der Waals surface area contributed by atoms with E-state index in [-0.39, 0.29) is 11.9 Å². The zero-order valence-corrected chi connectivity index (χ0v) is 15.0. The Labute approximate surface area is 145 Å². The van der Waals surface area contributed by atoms with Crippen LogP contribution in [0.5, 0.6) is 5.75 Å². The molecule has 0 aromatic heterocycles. The van der Waals surface area contributed by atoms with Crippen LogP contribution >= 0.6 is 0 Å². The zero-order valence-electron chi connectivity index (χ0n) is 15.0. The lowest BCUT2D eigenvalue weighted by atomic mass is 9.97. The molecule has 0 spiro atoms. The first kappa shape index (κ1) is 18.1. The van der Waals surface area contributed by atoms with Gasteiger partial charge in [0.05, 0.1) is 6.04 Å². The predicted molar refractivity (Wildman–Crippen MR) is 98.2 cm³/mol. The van der Waals surface area contributed by atoms with E-state index in [1.165, 1.54) is 16.7 Å². The first-order valence-electron chi connectivity index (χ1n) is 8.64. The first-order valence-corrected chi connectivity index (χ1v) is 8.64. The van der Waals surface area contributed by atoms with Crippen molar-refractivity contribution < 1.29 is 9.53 Å². The van der Waals surface area contributed by atoms with Crippen LogP contribution in [0.25, 0.3) is 0 Å². The molecule has 2 aromatic rings. The number of benzene rings is 2. The molecule has 0 unspecified atom stereocenters. The van der Waals surface area contributed by atoms with Crippen LogP contribution in [0.4, 0.5) is 0 Å². The van der Waals surface area contributed by atoms with E-state index in [0.29, 0.717) is 6.42 Å². The van der Waals surface area contributed by atoms with Crippen molar-refractivity contribution in [2.24, 2.45) is 0 Å². The summed E-state index contributed by atoms with van der Waals surface area (Å²) in [5.41, 5.74) is 3.61. The van der Waals surface area contributed by atoms with E-state index in [0.717, 1.165) is 12.2 Å². The van der Waals surface area contributed by atoms with Crippen molar-refractivity contribution in [1.29, 1.82) is 0 Å². The quantitative estimate of drug-likeness (QED) is 0.799. The molecular formula is C21H27NO2. The summed E-state index contributed by atoms with van der Waals surface area (Å²) in [5, 5.41) is 3.15. The maximum Gasteiger partial charge on any atom is 0.261 e. The molecule has 0 bridgehead atoms. The number of para-hydroxylation sites is 1. The molecule has 0 saturated heterocycles. The standard InChI is InChI=1S/C21H27NO2/c1-5-19(18-13-12-15(3)14-16(18)4)22-21(23)20(6-2)24-17-10-8-7-9-11-17/h7-14,19-20H,5-6H2,1-4H3,(H,22,23)/t19-,20-/m0/s1. The second kappa shape index (κ2) is 8.53. The molecule has 2 aromatic carbocycles. The van der Waals surface area contributed by atoms with Gasteiger partial charge < -0.3 is 10.1 Å². The number of hydrogen-bond donors (Lipinski definition) is 1. The molecule has 0 saturated carbocycles. The molecule has 1 N–H and O–H groups in total. The fourth-order valence-electron chi connectivity index (χ4n) is 2.87. The number of nitrogens with one attached hydrogen (secondary N) is 1. The topological polar surface area (TPSA) is 38.3 Å². The summed E-state index contributed by atoms with van der Waals surface area (Å²) in [5.74, 6) is 0.659. The Bertz CT molecular complexity index is 667. The van der Waals surface area contributed by atoms with E-state index in [2.05, 4.69) is 44.3 Å². The smallest absolute Gasteiger partial charge is 0.261 e. The van der Waals surface area contributed by atoms with Crippen molar-refractivity contribution in [1.82, 2.24) is 5.32 Å². The Morgan fingerprint density at radius 1 is 1.04 bits per heavy atom. The number of carbonyl (C=O) groups is 1. The normalized spacial score (nSPS) is 13.2. The van der Waals surface area contributed by atoms with Crippen molar-refractivity contribution >= 4 is 5.91 Å². The summed E-state index contributed by atoms with van der Waals surface area (Å²) < 4.78 is 5.84. The van der Waals surface area contributed by atoms with Gasteiger partial charge in [0, 0.05) is 0 Å². The average Bonchev–Trinajstić information content (AvgIpc) is 2.58. The van der Waals surface area contributed by atoms with Crippen molar-refractivity contribution in [3.05, 3.63) is 65.2 Å². The van der Waals surface area contributed by atoms with Crippen LogP contribution in [-0.4, -0.2) is 12.0 Å². The van der Waals surface area contributed by atoms with Crippen LogP contribution in [0.3, 0.4) is 0 Å². The minimum atomic E-state index is -0.479. The van der Waals surface area contributed by atoms with E-state index < -0.39 is 6.10 Å². The van der Waals surface area contributed by atoms with Crippen LogP contribution in [0.1, 0.15) is 49.4 Å². The Balaban J connectivity index is 2.09. The van der Waals surface area contributed by atoms with Crippen molar-refractivity contribution in [2.45, 2.75) is 52.7 Å². The lowest BCUT2D eigenvalue weighted by Crippen LogP contribution is -2.40. The van der Waals surface area contributed by atoms with Crippen molar-refractivity contribution in [3.8, 4) is 5.75 Å². The van der Waals surface area contributed by atoms with Gasteiger partial charge in [-0.2, -0.15) is 0 Å². The van der Waals surface area contributed by atoms with Crippen LogP contribution in [0, 0.1) is 13.8 Å². The zero-order chi connectivity index (χ0) is 17.5. The van der Waals surface area contributed by atoms with E-state index in [1.807, 2.05) is 37.3 Å². The van der Waals surface area contributed by atoms with E-state index in [1.54, 1.807) is 0 Å². The van der Waals surface area contributed by atoms with Gasteiger partial charge >= 0.3 is 0 Å². The van der Waals surface area contributed by atoms with E-state index in [9.17, 15) is 4.79 Å². The average molecular weight is 325 g/mol. The van der Waals surface area contributed by atoms with Crippen LogP contribution in [-0.2, 0) is 4.79 Å². The van der Waals surface area contributed by atoms with E-state index in [4.69, 9.17) is 4.74 Å². The lowest BCUT2D eigenvalue weighted by molar-refractivity contribution is -0.128. The first-order chi connectivity index (χ1) is 11.5. The number of aryl methyl sites for hydroxylation is 2. The van der Waals surface area contributed by atoms with Crippen LogP contribution in [0.2, 0.25) is 0 Å². The summed E-state index contributed by atoms with van der Waals surface area (Å²) in [4.78, 5) is 12.7. The van der Waals surface area contributed by atoms with Gasteiger partial charge in [-0.25, -0.2) is 0 Å². The molecule has 3 nitrogen and oxygen atoms in total. The van der Waals surface area contributed by atoms with Gasteiger partial charge in [-0.05, 0) is 49.9 Å². The van der Waals surface area contributed by atoms with Gasteiger partial charge in [0.15, 0.2) is 6.10 Å². The molecule has 0 heterocycles. The second-order valence-corrected chi connectivity index (χ2v) is 6.16. The Morgan fingerprint density at radius 2 is 1.75 bits per heavy atom. The Morgan fingerprint density at radius 3 is 2.33 bits per heavy atom. The molecule has 3 heteroatoms. The minimum absolute atomic E-state index is 0.00604. The maximum absolute atomic E-state index is 12.7. The molecule has 24 heavy (non-hydrogen) atoms. The molecule has 2 rings (SSSR count). The molecule has 1 amide bonds. The SMILES string of the molecule is CC[C@H](Oc1ccccc1)C(=O)N[C@@H](CC)c1ccc(C)cc1C. The Hall–Kier alpha value is -2.29. The summed E-state index contributed by atoms with van der Waals surface area (Å²) in [6.45, 7) is 8.22. The third-order valence-corrected chi connectivity index (χ3v) is 4.21. The van der Waals surface area contributed by atoms with Gasteiger partial charge in [-0.3, -0.25) is 4.79 Å². The monoisotopic (exact) mass is 325 g/mol. The largest absolute Gasteiger partial charge is 0.481 e.